The molecule has 0 spiro atoms. The van der Waals surface area contributed by atoms with Gasteiger partial charge >= 0.3 is 6.03 Å². The summed E-state index contributed by atoms with van der Waals surface area (Å²) in [5, 5.41) is 6.64. The molecule has 138 valence electrons. The molecule has 0 atom stereocenters. The largest absolute Gasteiger partial charge is 0.381 e. The van der Waals surface area contributed by atoms with Gasteiger partial charge in [-0.3, -0.25) is 0 Å². The molecule has 2 N–H and O–H groups in total. The first-order chi connectivity index (χ1) is 12.7. The highest BCUT2D eigenvalue weighted by molar-refractivity contribution is 8.00. The Morgan fingerprint density at radius 3 is 2.42 bits per heavy atom. The number of amides is 2. The molecule has 4 nitrogen and oxygen atoms in total. The Kier molecular flexibility index (Phi) is 6.83. The fourth-order valence-electron chi connectivity index (χ4n) is 2.89. The second kappa shape index (κ2) is 9.31. The van der Waals surface area contributed by atoms with E-state index in [4.69, 9.17) is 16.3 Å². The Labute approximate surface area is 163 Å². The summed E-state index contributed by atoms with van der Waals surface area (Å²) in [7, 11) is 0. The molecule has 2 amide bonds. The Morgan fingerprint density at radius 2 is 1.73 bits per heavy atom. The fourth-order valence-corrected chi connectivity index (χ4v) is 4.32. The lowest BCUT2D eigenvalue weighted by Crippen LogP contribution is -2.47. The number of thioether (sulfide) groups is 1. The zero-order valence-electron chi connectivity index (χ0n) is 14.5. The van der Waals surface area contributed by atoms with Crippen LogP contribution in [0.2, 0.25) is 5.02 Å². The van der Waals surface area contributed by atoms with Crippen LogP contribution in [-0.4, -0.2) is 30.5 Å². The molecule has 0 saturated carbocycles. The molecular formula is C20H23ClN2O2S. The maximum absolute atomic E-state index is 12.2. The van der Waals surface area contributed by atoms with Gasteiger partial charge in [0.2, 0.25) is 0 Å². The monoisotopic (exact) mass is 390 g/mol. The summed E-state index contributed by atoms with van der Waals surface area (Å²) >= 11 is 7.71. The van der Waals surface area contributed by atoms with E-state index >= 15 is 0 Å². The standard InChI is InChI=1S/C20H23ClN2O2S/c21-17-8-6-16(7-9-17)14-22-19(24)23-15-20(10-12-25-13-11-20)26-18-4-2-1-3-5-18/h1-9H,10-15H2,(H2,22,23,24). The SMILES string of the molecule is O=C(NCc1ccc(Cl)cc1)NCC1(Sc2ccccc2)CCOCC1. The predicted molar refractivity (Wildman–Crippen MR) is 107 cm³/mol. The van der Waals surface area contributed by atoms with Gasteiger partial charge in [0.25, 0.3) is 0 Å². The summed E-state index contributed by atoms with van der Waals surface area (Å²) in [5.74, 6) is 0. The van der Waals surface area contributed by atoms with E-state index in [1.807, 2.05) is 54.2 Å². The van der Waals surface area contributed by atoms with Crippen LogP contribution in [0.5, 0.6) is 0 Å². The van der Waals surface area contributed by atoms with Crippen molar-refractivity contribution in [2.24, 2.45) is 0 Å². The van der Waals surface area contributed by atoms with Crippen molar-refractivity contribution in [3.63, 3.8) is 0 Å². The number of carbonyl (C=O) groups excluding carboxylic acids is 1. The van der Waals surface area contributed by atoms with E-state index in [0.717, 1.165) is 31.6 Å². The highest BCUT2D eigenvalue weighted by Crippen LogP contribution is 2.40. The fraction of sp³-hybridized carbons (Fsp3) is 0.350. The zero-order valence-corrected chi connectivity index (χ0v) is 16.1. The number of urea groups is 1. The number of carbonyl (C=O) groups is 1. The van der Waals surface area contributed by atoms with Crippen LogP contribution in [0.15, 0.2) is 59.5 Å². The number of hydrogen-bond acceptors (Lipinski definition) is 3. The van der Waals surface area contributed by atoms with Gasteiger partial charge in [-0.1, -0.05) is 41.9 Å². The lowest BCUT2D eigenvalue weighted by Gasteiger charge is -2.36. The van der Waals surface area contributed by atoms with Crippen LogP contribution in [0.3, 0.4) is 0 Å². The summed E-state index contributed by atoms with van der Waals surface area (Å²) in [6, 6.07) is 17.6. The average molecular weight is 391 g/mol. The highest BCUT2D eigenvalue weighted by Gasteiger charge is 2.34. The number of benzene rings is 2. The second-order valence-corrected chi connectivity index (χ2v) is 8.35. The molecule has 1 aliphatic rings. The molecular weight excluding hydrogens is 368 g/mol. The van der Waals surface area contributed by atoms with Crippen molar-refractivity contribution in [1.29, 1.82) is 0 Å². The molecule has 1 fully saturated rings. The molecule has 0 aromatic heterocycles. The van der Waals surface area contributed by atoms with Gasteiger partial charge in [-0.15, -0.1) is 11.8 Å². The number of halogens is 1. The van der Waals surface area contributed by atoms with E-state index in [1.165, 1.54) is 4.90 Å². The molecule has 0 radical (unpaired) electrons. The highest BCUT2D eigenvalue weighted by atomic mass is 35.5. The van der Waals surface area contributed by atoms with E-state index in [-0.39, 0.29) is 10.8 Å². The Hall–Kier alpha value is -1.69. The van der Waals surface area contributed by atoms with Gasteiger partial charge in [-0.25, -0.2) is 4.79 Å². The van der Waals surface area contributed by atoms with Crippen molar-refractivity contribution in [2.75, 3.05) is 19.8 Å². The van der Waals surface area contributed by atoms with Crippen molar-refractivity contribution < 1.29 is 9.53 Å². The molecule has 1 aliphatic heterocycles. The molecule has 2 aromatic rings. The predicted octanol–water partition coefficient (Wildman–Crippen LogP) is 4.48. The molecule has 0 aliphatic carbocycles. The van der Waals surface area contributed by atoms with Gasteiger partial charge in [0.1, 0.15) is 0 Å². The van der Waals surface area contributed by atoms with E-state index in [2.05, 4.69) is 22.8 Å². The van der Waals surface area contributed by atoms with Crippen LogP contribution < -0.4 is 10.6 Å². The van der Waals surface area contributed by atoms with Crippen molar-refractivity contribution in [2.45, 2.75) is 29.0 Å². The molecule has 0 unspecified atom stereocenters. The maximum atomic E-state index is 12.2. The first-order valence-electron chi connectivity index (χ1n) is 8.73. The summed E-state index contributed by atoms with van der Waals surface area (Å²) in [6.45, 7) is 2.55. The smallest absolute Gasteiger partial charge is 0.315 e. The van der Waals surface area contributed by atoms with Crippen LogP contribution >= 0.6 is 23.4 Å². The summed E-state index contributed by atoms with van der Waals surface area (Å²) in [4.78, 5) is 13.5. The molecule has 6 heteroatoms. The van der Waals surface area contributed by atoms with Crippen molar-refractivity contribution in [3.05, 3.63) is 65.2 Å². The third-order valence-electron chi connectivity index (χ3n) is 4.42. The minimum Gasteiger partial charge on any atom is -0.381 e. The zero-order chi connectivity index (χ0) is 18.2. The lowest BCUT2D eigenvalue weighted by molar-refractivity contribution is 0.0776. The van der Waals surface area contributed by atoms with Crippen LogP contribution in [0.25, 0.3) is 0 Å². The van der Waals surface area contributed by atoms with Crippen LogP contribution in [0, 0.1) is 0 Å². The Morgan fingerprint density at radius 1 is 1.04 bits per heavy atom. The van der Waals surface area contributed by atoms with Crippen molar-refractivity contribution in [1.82, 2.24) is 10.6 Å². The topological polar surface area (TPSA) is 50.4 Å². The average Bonchev–Trinajstić information content (AvgIpc) is 2.67. The minimum atomic E-state index is -0.153. The van der Waals surface area contributed by atoms with Gasteiger partial charge in [0, 0.05) is 41.0 Å². The summed E-state index contributed by atoms with van der Waals surface area (Å²) in [5.41, 5.74) is 1.02. The molecule has 3 rings (SSSR count). The van der Waals surface area contributed by atoms with Gasteiger partial charge in [-0.2, -0.15) is 0 Å². The van der Waals surface area contributed by atoms with Gasteiger partial charge in [-0.05, 0) is 42.7 Å². The number of ether oxygens (including phenoxy) is 1. The third kappa shape index (κ3) is 5.66. The summed E-state index contributed by atoms with van der Waals surface area (Å²) in [6.07, 6.45) is 1.84. The van der Waals surface area contributed by atoms with Crippen LogP contribution in [-0.2, 0) is 11.3 Å². The van der Waals surface area contributed by atoms with E-state index in [1.54, 1.807) is 0 Å². The van der Waals surface area contributed by atoms with Crippen LogP contribution in [0.1, 0.15) is 18.4 Å². The lowest BCUT2D eigenvalue weighted by atomic mass is 9.99. The Bertz CT molecular complexity index is 704. The van der Waals surface area contributed by atoms with Gasteiger partial charge in [0.15, 0.2) is 0 Å². The van der Waals surface area contributed by atoms with Gasteiger partial charge < -0.3 is 15.4 Å². The molecule has 26 heavy (non-hydrogen) atoms. The normalized spacial score (nSPS) is 16.0. The second-order valence-electron chi connectivity index (χ2n) is 6.37. The van der Waals surface area contributed by atoms with Crippen molar-refractivity contribution in [3.8, 4) is 0 Å². The van der Waals surface area contributed by atoms with Crippen molar-refractivity contribution >= 4 is 29.4 Å². The molecule has 1 saturated heterocycles. The minimum absolute atomic E-state index is 0.0305. The number of hydrogen-bond donors (Lipinski definition) is 2. The molecule has 1 heterocycles. The number of nitrogens with one attached hydrogen (secondary N) is 2. The van der Waals surface area contributed by atoms with Crippen LogP contribution in [0.4, 0.5) is 4.79 Å². The van der Waals surface area contributed by atoms with E-state index in [0.29, 0.717) is 18.1 Å². The quantitative estimate of drug-likeness (QED) is 0.764. The third-order valence-corrected chi connectivity index (χ3v) is 6.16. The molecule has 2 aromatic carbocycles. The van der Waals surface area contributed by atoms with E-state index in [9.17, 15) is 4.79 Å². The first kappa shape index (κ1) is 19.1. The maximum Gasteiger partial charge on any atom is 0.315 e. The first-order valence-corrected chi connectivity index (χ1v) is 9.93. The van der Waals surface area contributed by atoms with E-state index < -0.39 is 0 Å². The Balaban J connectivity index is 1.53. The summed E-state index contributed by atoms with van der Waals surface area (Å²) < 4.78 is 5.50. The van der Waals surface area contributed by atoms with Gasteiger partial charge in [0.05, 0.1) is 0 Å². The number of rotatable bonds is 6. The molecule has 0 bridgehead atoms.